The van der Waals surface area contributed by atoms with E-state index in [9.17, 15) is 10.0 Å². The number of nitrogens with zero attached hydrogens (tertiary/aromatic N) is 3. The van der Waals surface area contributed by atoms with E-state index in [1.54, 1.807) is 36.4 Å². The molecule has 1 N–H and O–H groups in total. The van der Waals surface area contributed by atoms with Gasteiger partial charge in [0.15, 0.2) is 0 Å². The molecule has 0 radical (unpaired) electrons. The molecule has 0 unspecified atom stereocenters. The van der Waals surface area contributed by atoms with Crippen molar-refractivity contribution in [3.63, 3.8) is 0 Å². The SMILES string of the molecule is O=C(Cc1ccccc1Nc1c(Cl)cccc1Cl)OCO/N=[N+](\[O-])N1CCCC1. The maximum Gasteiger partial charge on any atom is 0.313 e. The van der Waals surface area contributed by atoms with Crippen LogP contribution in [-0.4, -0.2) is 35.8 Å². The summed E-state index contributed by atoms with van der Waals surface area (Å²) in [7, 11) is 0. The minimum Gasteiger partial charge on any atom is -0.569 e. The standard InChI is InChI=1S/C19H20Cl2N4O4/c20-15-7-5-8-16(21)19(15)22-17-9-2-1-6-14(17)12-18(26)28-13-29-23-25(27)24-10-3-4-11-24/h1-2,5-9,22H,3-4,10-13H2/b25-23-. The van der Waals surface area contributed by atoms with Crippen LogP contribution in [0.3, 0.4) is 0 Å². The summed E-state index contributed by atoms with van der Waals surface area (Å²) in [4.78, 5) is 17.3. The highest BCUT2D eigenvalue weighted by Gasteiger charge is 2.18. The number of hydrogen-bond acceptors (Lipinski definition) is 6. The highest BCUT2D eigenvalue weighted by molar-refractivity contribution is 6.39. The van der Waals surface area contributed by atoms with Crippen molar-refractivity contribution < 1.29 is 19.3 Å². The van der Waals surface area contributed by atoms with E-state index in [2.05, 4.69) is 10.6 Å². The molecular formula is C19H20Cl2N4O4. The lowest BCUT2D eigenvalue weighted by Crippen LogP contribution is -2.27. The first-order valence-electron chi connectivity index (χ1n) is 9.04. The van der Waals surface area contributed by atoms with E-state index in [4.69, 9.17) is 32.8 Å². The van der Waals surface area contributed by atoms with Gasteiger partial charge in [-0.1, -0.05) is 47.5 Å². The number of halogens is 2. The van der Waals surface area contributed by atoms with E-state index >= 15 is 0 Å². The molecule has 0 amide bonds. The van der Waals surface area contributed by atoms with Crippen LogP contribution in [0.15, 0.2) is 47.7 Å². The number of anilines is 2. The number of benzene rings is 2. The smallest absolute Gasteiger partial charge is 0.313 e. The molecule has 1 fully saturated rings. The number of hydrogen-bond donors (Lipinski definition) is 1. The largest absolute Gasteiger partial charge is 0.569 e. The summed E-state index contributed by atoms with van der Waals surface area (Å²) in [6.45, 7) is 0.822. The van der Waals surface area contributed by atoms with Gasteiger partial charge in [0.05, 0.1) is 40.2 Å². The average molecular weight is 439 g/mol. The van der Waals surface area contributed by atoms with Gasteiger partial charge in [-0.15, -0.1) is 5.01 Å². The van der Waals surface area contributed by atoms with E-state index in [1.165, 1.54) is 5.01 Å². The Morgan fingerprint density at radius 3 is 2.55 bits per heavy atom. The second-order valence-corrected chi connectivity index (χ2v) is 7.13. The third kappa shape index (κ3) is 5.88. The molecule has 0 spiro atoms. The Balaban J connectivity index is 1.55. The fraction of sp³-hybridized carbons (Fsp3) is 0.316. The summed E-state index contributed by atoms with van der Waals surface area (Å²) < 4.78 is 4.99. The zero-order valence-corrected chi connectivity index (χ0v) is 17.0. The van der Waals surface area contributed by atoms with Gasteiger partial charge in [0.1, 0.15) is 0 Å². The number of ether oxygens (including phenoxy) is 1. The highest BCUT2D eigenvalue weighted by atomic mass is 35.5. The fourth-order valence-electron chi connectivity index (χ4n) is 2.84. The Labute approximate surface area is 178 Å². The zero-order chi connectivity index (χ0) is 20.6. The molecule has 0 atom stereocenters. The van der Waals surface area contributed by atoms with Gasteiger partial charge in [-0.3, -0.25) is 4.79 Å². The molecular weight excluding hydrogens is 419 g/mol. The van der Waals surface area contributed by atoms with E-state index in [-0.39, 0.29) is 6.42 Å². The summed E-state index contributed by atoms with van der Waals surface area (Å²) in [6.07, 6.45) is 1.87. The molecule has 154 valence electrons. The van der Waals surface area contributed by atoms with Gasteiger partial charge in [-0.05, 0) is 36.6 Å². The number of carbonyl (C=O) groups excluding carboxylic acids is 1. The molecule has 0 saturated carbocycles. The first-order valence-corrected chi connectivity index (χ1v) is 9.80. The van der Waals surface area contributed by atoms with Gasteiger partial charge >= 0.3 is 5.97 Å². The van der Waals surface area contributed by atoms with Gasteiger partial charge in [0, 0.05) is 5.69 Å². The minimum absolute atomic E-state index is 0.0121. The predicted octanol–water partition coefficient (Wildman–Crippen LogP) is 4.69. The number of nitrogens with one attached hydrogen (secondary N) is 1. The van der Waals surface area contributed by atoms with Gasteiger partial charge in [0.25, 0.3) is 6.79 Å². The Hall–Kier alpha value is -2.71. The molecule has 1 heterocycles. The number of carbonyl (C=O) groups is 1. The predicted molar refractivity (Wildman–Crippen MR) is 109 cm³/mol. The van der Waals surface area contributed by atoms with Crippen LogP contribution >= 0.6 is 23.2 Å². The molecule has 8 nitrogen and oxygen atoms in total. The quantitative estimate of drug-likeness (QED) is 0.160. The van der Waals surface area contributed by atoms with E-state index < -0.39 is 12.8 Å². The molecule has 29 heavy (non-hydrogen) atoms. The van der Waals surface area contributed by atoms with Gasteiger partial charge in [-0.2, -0.15) is 0 Å². The van der Waals surface area contributed by atoms with Crippen LogP contribution in [0, 0.1) is 5.21 Å². The molecule has 2 aromatic carbocycles. The van der Waals surface area contributed by atoms with E-state index in [0.29, 0.717) is 45.0 Å². The van der Waals surface area contributed by atoms with Crippen molar-refractivity contribution in [2.75, 3.05) is 25.2 Å². The summed E-state index contributed by atoms with van der Waals surface area (Å²) in [6, 6.07) is 12.4. The van der Waals surface area contributed by atoms with Crippen molar-refractivity contribution in [1.29, 1.82) is 0 Å². The monoisotopic (exact) mass is 438 g/mol. The summed E-state index contributed by atoms with van der Waals surface area (Å²) in [5, 5.41) is 20.6. The first-order chi connectivity index (χ1) is 14.0. The van der Waals surface area contributed by atoms with Crippen molar-refractivity contribution in [3.05, 3.63) is 63.3 Å². The topological polar surface area (TPSA) is 89.2 Å². The van der Waals surface area contributed by atoms with Crippen molar-refractivity contribution in [1.82, 2.24) is 5.01 Å². The maximum atomic E-state index is 12.1. The maximum absolute atomic E-state index is 12.1. The molecule has 0 bridgehead atoms. The number of hydrazine groups is 1. The normalized spacial score (nSPS) is 14.0. The summed E-state index contributed by atoms with van der Waals surface area (Å²) in [5.41, 5.74) is 1.91. The molecule has 1 aliphatic heterocycles. The molecule has 0 aliphatic carbocycles. The van der Waals surface area contributed by atoms with Gasteiger partial charge in [-0.25, -0.2) is 0 Å². The molecule has 10 heteroatoms. The number of rotatable bonds is 8. The average Bonchev–Trinajstić information content (AvgIpc) is 3.24. The lowest BCUT2D eigenvalue weighted by Gasteiger charge is -2.14. The fourth-order valence-corrected chi connectivity index (χ4v) is 3.33. The van der Waals surface area contributed by atoms with E-state index in [1.807, 2.05) is 6.07 Å². The van der Waals surface area contributed by atoms with Crippen LogP contribution in [0.25, 0.3) is 0 Å². The van der Waals surface area contributed by atoms with Gasteiger partial charge in [0.2, 0.25) is 5.28 Å². The molecule has 2 aromatic rings. The molecule has 0 aromatic heterocycles. The lowest BCUT2D eigenvalue weighted by molar-refractivity contribution is -0.708. The Morgan fingerprint density at radius 1 is 1.14 bits per heavy atom. The molecule has 3 rings (SSSR count). The first kappa shape index (κ1) is 21.0. The van der Waals surface area contributed by atoms with Crippen molar-refractivity contribution in [3.8, 4) is 0 Å². The van der Waals surface area contributed by atoms with Gasteiger partial charge < -0.3 is 20.1 Å². The van der Waals surface area contributed by atoms with E-state index in [0.717, 1.165) is 12.8 Å². The Kier molecular flexibility index (Phi) is 7.37. The second-order valence-electron chi connectivity index (χ2n) is 6.31. The van der Waals surface area contributed by atoms with Crippen LogP contribution in [-0.2, 0) is 20.8 Å². The summed E-state index contributed by atoms with van der Waals surface area (Å²) in [5.74, 6) is -0.529. The van der Waals surface area contributed by atoms with Crippen molar-refractivity contribution in [2.24, 2.45) is 5.28 Å². The third-order valence-corrected chi connectivity index (χ3v) is 4.93. The number of para-hydroxylation sites is 2. The van der Waals surface area contributed by atoms with Crippen LogP contribution in [0.2, 0.25) is 10.0 Å². The van der Waals surface area contributed by atoms with Crippen molar-refractivity contribution >= 4 is 40.5 Å². The Bertz CT molecular complexity index is 868. The van der Waals surface area contributed by atoms with Crippen LogP contribution < -0.4 is 5.32 Å². The molecule has 1 aliphatic rings. The lowest BCUT2D eigenvalue weighted by atomic mass is 10.1. The van der Waals surface area contributed by atoms with Crippen LogP contribution in [0.5, 0.6) is 0 Å². The second kappa shape index (κ2) is 10.2. The molecule has 1 saturated heterocycles. The Morgan fingerprint density at radius 2 is 1.83 bits per heavy atom. The van der Waals surface area contributed by atoms with Crippen LogP contribution in [0.4, 0.5) is 11.4 Å². The van der Waals surface area contributed by atoms with Crippen LogP contribution in [0.1, 0.15) is 18.4 Å². The number of esters is 1. The zero-order valence-electron chi connectivity index (χ0n) is 15.5. The third-order valence-electron chi connectivity index (χ3n) is 4.30. The highest BCUT2D eigenvalue weighted by Crippen LogP contribution is 2.33. The minimum atomic E-state index is -0.529. The summed E-state index contributed by atoms with van der Waals surface area (Å²) >= 11 is 12.4. The van der Waals surface area contributed by atoms with Crippen molar-refractivity contribution in [2.45, 2.75) is 19.3 Å².